The minimum atomic E-state index is 0. The van der Waals surface area contributed by atoms with Crippen molar-refractivity contribution in [2.24, 2.45) is 4.99 Å². The van der Waals surface area contributed by atoms with Gasteiger partial charge in [0, 0.05) is 26.2 Å². The second kappa shape index (κ2) is 12.3. The molecule has 0 aliphatic carbocycles. The minimum Gasteiger partial charge on any atom is -0.394 e. The number of aliphatic hydroxyl groups is 1. The van der Waals surface area contributed by atoms with Crippen LogP contribution in [0.1, 0.15) is 39.0 Å². The predicted octanol–water partition coefficient (Wildman–Crippen LogP) is 1.61. The topological polar surface area (TPSA) is 66.3 Å². The lowest BCUT2D eigenvalue weighted by molar-refractivity contribution is -0.0721. The third-order valence-electron chi connectivity index (χ3n) is 4.23. The van der Waals surface area contributed by atoms with E-state index in [1.807, 2.05) is 0 Å². The Morgan fingerprint density at radius 3 is 2.70 bits per heavy atom. The number of hydrogen-bond acceptors (Lipinski definition) is 4. The van der Waals surface area contributed by atoms with Crippen molar-refractivity contribution in [3.63, 3.8) is 0 Å². The number of guanidine groups is 1. The van der Waals surface area contributed by atoms with E-state index in [0.29, 0.717) is 18.8 Å². The first kappa shape index (κ1) is 20.9. The summed E-state index contributed by atoms with van der Waals surface area (Å²) in [6.45, 7) is 6.99. The summed E-state index contributed by atoms with van der Waals surface area (Å²) in [5, 5.41) is 12.2. The van der Waals surface area contributed by atoms with Crippen molar-refractivity contribution in [2.45, 2.75) is 51.2 Å². The Morgan fingerprint density at radius 1 is 1.30 bits per heavy atom. The van der Waals surface area contributed by atoms with Crippen LogP contribution >= 0.6 is 24.0 Å². The summed E-state index contributed by atoms with van der Waals surface area (Å²) in [6, 6.07) is 0. The van der Waals surface area contributed by atoms with Crippen LogP contribution < -0.4 is 5.32 Å². The van der Waals surface area contributed by atoms with Crippen LogP contribution in [0, 0.1) is 0 Å². The van der Waals surface area contributed by atoms with Gasteiger partial charge in [0.1, 0.15) is 0 Å². The Kier molecular flexibility index (Phi) is 11.2. The Balaban J connectivity index is 0.00000264. The fourth-order valence-electron chi connectivity index (χ4n) is 3.00. The van der Waals surface area contributed by atoms with Crippen molar-refractivity contribution in [3.8, 4) is 0 Å². The lowest BCUT2D eigenvalue weighted by atomic mass is 10.1. The van der Waals surface area contributed by atoms with E-state index in [-0.39, 0.29) is 30.6 Å². The first-order valence-corrected chi connectivity index (χ1v) is 8.70. The molecule has 0 bridgehead atoms. The fourth-order valence-corrected chi connectivity index (χ4v) is 3.00. The quantitative estimate of drug-likeness (QED) is 0.373. The molecule has 2 aliphatic heterocycles. The van der Waals surface area contributed by atoms with Crippen LogP contribution in [0.5, 0.6) is 0 Å². The zero-order chi connectivity index (χ0) is 15.6. The van der Waals surface area contributed by atoms with Gasteiger partial charge in [0.25, 0.3) is 0 Å². The van der Waals surface area contributed by atoms with Gasteiger partial charge >= 0.3 is 0 Å². The van der Waals surface area contributed by atoms with E-state index in [4.69, 9.17) is 14.6 Å². The smallest absolute Gasteiger partial charge is 0.193 e. The Morgan fingerprint density at radius 2 is 2.09 bits per heavy atom. The Bertz CT molecular complexity index is 331. The molecule has 2 saturated heterocycles. The van der Waals surface area contributed by atoms with Gasteiger partial charge in [0.05, 0.1) is 32.0 Å². The molecule has 0 saturated carbocycles. The number of aliphatic hydroxyl groups excluding tert-OH is 1. The molecular weight excluding hydrogens is 409 g/mol. The van der Waals surface area contributed by atoms with Gasteiger partial charge in [0.2, 0.25) is 0 Å². The molecule has 2 N–H and O–H groups in total. The van der Waals surface area contributed by atoms with E-state index in [0.717, 1.165) is 58.1 Å². The number of likely N-dealkylation sites (tertiary alicyclic amines) is 1. The average molecular weight is 441 g/mol. The van der Waals surface area contributed by atoms with Crippen molar-refractivity contribution in [1.29, 1.82) is 0 Å². The van der Waals surface area contributed by atoms with Gasteiger partial charge in [-0.15, -0.1) is 24.0 Å². The highest BCUT2D eigenvalue weighted by molar-refractivity contribution is 14.0. The van der Waals surface area contributed by atoms with E-state index >= 15 is 0 Å². The number of rotatable bonds is 6. The third-order valence-corrected chi connectivity index (χ3v) is 4.23. The largest absolute Gasteiger partial charge is 0.394 e. The molecule has 2 aliphatic rings. The zero-order valence-electron chi connectivity index (χ0n) is 14.2. The summed E-state index contributed by atoms with van der Waals surface area (Å²) in [5.74, 6) is 0.908. The molecule has 23 heavy (non-hydrogen) atoms. The van der Waals surface area contributed by atoms with Crippen LogP contribution in [0.15, 0.2) is 4.99 Å². The van der Waals surface area contributed by atoms with Crippen molar-refractivity contribution >= 4 is 29.9 Å². The van der Waals surface area contributed by atoms with E-state index in [1.54, 1.807) is 0 Å². The number of nitrogens with one attached hydrogen (secondary N) is 1. The predicted molar refractivity (Wildman–Crippen MR) is 103 cm³/mol. The van der Waals surface area contributed by atoms with Gasteiger partial charge in [-0.25, -0.2) is 0 Å². The fraction of sp³-hybridized carbons (Fsp3) is 0.938. The molecule has 7 heteroatoms. The van der Waals surface area contributed by atoms with Crippen LogP contribution in [0.3, 0.4) is 0 Å². The minimum absolute atomic E-state index is 0. The monoisotopic (exact) mass is 441 g/mol. The lowest BCUT2D eigenvalue weighted by Crippen LogP contribution is -2.47. The van der Waals surface area contributed by atoms with E-state index in [9.17, 15) is 0 Å². The molecule has 2 heterocycles. The van der Waals surface area contributed by atoms with Crippen LogP contribution in [-0.4, -0.2) is 74.2 Å². The van der Waals surface area contributed by atoms with Crippen molar-refractivity contribution in [3.05, 3.63) is 0 Å². The molecule has 136 valence electrons. The van der Waals surface area contributed by atoms with Crippen LogP contribution in [0.25, 0.3) is 0 Å². The average Bonchev–Trinajstić information content (AvgIpc) is 2.58. The third kappa shape index (κ3) is 7.53. The maximum absolute atomic E-state index is 8.93. The molecule has 0 aromatic heterocycles. The van der Waals surface area contributed by atoms with E-state index in [1.165, 1.54) is 12.8 Å². The summed E-state index contributed by atoms with van der Waals surface area (Å²) in [5.41, 5.74) is 0. The molecule has 0 spiro atoms. The first-order valence-electron chi connectivity index (χ1n) is 8.70. The van der Waals surface area contributed by atoms with E-state index in [2.05, 4.69) is 22.1 Å². The number of aliphatic imine (C=N–C) groups is 1. The van der Waals surface area contributed by atoms with Gasteiger partial charge in [-0.1, -0.05) is 0 Å². The summed E-state index contributed by atoms with van der Waals surface area (Å²) in [7, 11) is 0. The number of hydrogen-bond donors (Lipinski definition) is 2. The van der Waals surface area contributed by atoms with E-state index < -0.39 is 0 Å². The van der Waals surface area contributed by atoms with Gasteiger partial charge in [-0.05, 0) is 39.0 Å². The van der Waals surface area contributed by atoms with Crippen LogP contribution in [0.2, 0.25) is 0 Å². The second-order valence-corrected chi connectivity index (χ2v) is 5.97. The van der Waals surface area contributed by atoms with Crippen molar-refractivity contribution in [2.75, 3.05) is 46.0 Å². The highest BCUT2D eigenvalue weighted by Gasteiger charge is 2.23. The Labute approximate surface area is 157 Å². The molecule has 2 fully saturated rings. The summed E-state index contributed by atoms with van der Waals surface area (Å²) in [4.78, 5) is 6.68. The van der Waals surface area contributed by atoms with Crippen LogP contribution in [0.4, 0.5) is 0 Å². The molecule has 1 atom stereocenters. The summed E-state index contributed by atoms with van der Waals surface area (Å²) in [6.07, 6.45) is 6.27. The first-order chi connectivity index (χ1) is 10.8. The summed E-state index contributed by atoms with van der Waals surface area (Å²) >= 11 is 0. The van der Waals surface area contributed by atoms with Gasteiger partial charge < -0.3 is 24.8 Å². The SMILES string of the molecule is CCNC(=NCCO)N1CCC(OCC2CCCCO2)CC1.I. The second-order valence-electron chi connectivity index (χ2n) is 5.97. The van der Waals surface area contributed by atoms with Crippen molar-refractivity contribution < 1.29 is 14.6 Å². The summed E-state index contributed by atoms with van der Waals surface area (Å²) < 4.78 is 11.8. The molecule has 6 nitrogen and oxygen atoms in total. The Hall–Kier alpha value is -0.120. The molecule has 1 unspecified atom stereocenters. The number of ether oxygens (including phenoxy) is 2. The normalized spacial score (nSPS) is 23.5. The number of halogens is 1. The van der Waals surface area contributed by atoms with Crippen LogP contribution in [-0.2, 0) is 9.47 Å². The number of nitrogens with zero attached hydrogens (tertiary/aromatic N) is 2. The highest BCUT2D eigenvalue weighted by atomic mass is 127. The zero-order valence-corrected chi connectivity index (χ0v) is 16.5. The lowest BCUT2D eigenvalue weighted by Gasteiger charge is -2.35. The molecule has 2 rings (SSSR count). The number of piperidine rings is 1. The van der Waals surface area contributed by atoms with Gasteiger partial charge in [-0.3, -0.25) is 4.99 Å². The molecule has 0 aromatic carbocycles. The van der Waals surface area contributed by atoms with Crippen molar-refractivity contribution in [1.82, 2.24) is 10.2 Å². The highest BCUT2D eigenvalue weighted by Crippen LogP contribution is 2.17. The molecule has 0 aromatic rings. The maximum atomic E-state index is 8.93. The maximum Gasteiger partial charge on any atom is 0.193 e. The van der Waals surface area contributed by atoms with Gasteiger partial charge in [-0.2, -0.15) is 0 Å². The molecule has 0 amide bonds. The molecular formula is C16H32IN3O3. The molecule has 0 radical (unpaired) electrons. The van der Waals surface area contributed by atoms with Gasteiger partial charge in [0.15, 0.2) is 5.96 Å². The standard InChI is InChI=1S/C16H31N3O3.HI/c1-2-17-16(18-8-11-20)19-9-6-14(7-10-19)22-13-15-5-3-4-12-21-15;/h14-15,20H,2-13H2,1H3,(H,17,18);1H.